The van der Waals surface area contributed by atoms with Gasteiger partial charge in [-0.25, -0.2) is 4.98 Å². The maximum absolute atomic E-state index is 5.24. The van der Waals surface area contributed by atoms with Gasteiger partial charge in [0.15, 0.2) is 5.11 Å². The smallest absolute Gasteiger partial charge is 0.166 e. The van der Waals surface area contributed by atoms with Crippen molar-refractivity contribution in [3.63, 3.8) is 0 Å². The lowest BCUT2D eigenvalue weighted by Gasteiger charge is -2.14. The summed E-state index contributed by atoms with van der Waals surface area (Å²) < 4.78 is 5.24. The van der Waals surface area contributed by atoms with Gasteiger partial charge in [0.25, 0.3) is 0 Å². The van der Waals surface area contributed by atoms with Gasteiger partial charge < -0.3 is 15.4 Å². The van der Waals surface area contributed by atoms with Gasteiger partial charge in [-0.05, 0) is 32.5 Å². The summed E-state index contributed by atoms with van der Waals surface area (Å²) in [6, 6.07) is 0.155. The number of hydrogen-bond donors (Lipinski definition) is 2. The predicted molar refractivity (Wildman–Crippen MR) is 75.4 cm³/mol. The third-order valence-corrected chi connectivity index (χ3v) is 3.35. The van der Waals surface area contributed by atoms with E-state index in [1.54, 1.807) is 17.5 Å². The zero-order valence-electron chi connectivity index (χ0n) is 10.2. The molecule has 0 aromatic carbocycles. The Morgan fingerprint density at radius 1 is 1.65 bits per heavy atom. The molecule has 0 amide bonds. The summed E-state index contributed by atoms with van der Waals surface area (Å²) in [6.45, 7) is 6.41. The molecule has 0 saturated carbocycles. The molecular weight excluding hydrogens is 254 g/mol. The van der Waals surface area contributed by atoms with Gasteiger partial charge >= 0.3 is 0 Å². The minimum absolute atomic E-state index is 0.155. The average Bonchev–Trinajstić information content (AvgIpc) is 2.82. The van der Waals surface area contributed by atoms with Gasteiger partial charge in [0.2, 0.25) is 0 Å². The Morgan fingerprint density at radius 3 is 3.12 bits per heavy atom. The van der Waals surface area contributed by atoms with Gasteiger partial charge in [-0.3, -0.25) is 0 Å². The number of aromatic nitrogens is 1. The fourth-order valence-corrected chi connectivity index (χ4v) is 2.20. The average molecular weight is 273 g/mol. The number of thiocarbonyl (C=S) groups is 1. The van der Waals surface area contributed by atoms with Crippen molar-refractivity contribution in [1.29, 1.82) is 0 Å². The second-order valence-corrected chi connectivity index (χ2v) is 4.88. The van der Waals surface area contributed by atoms with E-state index in [0.717, 1.165) is 31.2 Å². The maximum atomic E-state index is 5.24. The van der Waals surface area contributed by atoms with Gasteiger partial charge in [0.05, 0.1) is 6.04 Å². The minimum Gasteiger partial charge on any atom is -0.382 e. The van der Waals surface area contributed by atoms with Crippen molar-refractivity contribution < 1.29 is 4.74 Å². The van der Waals surface area contributed by atoms with E-state index in [9.17, 15) is 0 Å². The highest BCUT2D eigenvalue weighted by atomic mass is 32.1. The molecule has 1 aromatic rings. The van der Waals surface area contributed by atoms with Crippen molar-refractivity contribution >= 4 is 28.7 Å². The molecule has 0 saturated heterocycles. The highest BCUT2D eigenvalue weighted by molar-refractivity contribution is 7.80. The molecule has 1 unspecified atom stereocenters. The van der Waals surface area contributed by atoms with Gasteiger partial charge in [0, 0.05) is 31.3 Å². The highest BCUT2D eigenvalue weighted by Gasteiger charge is 2.08. The normalized spacial score (nSPS) is 12.1. The molecule has 4 nitrogen and oxygen atoms in total. The summed E-state index contributed by atoms with van der Waals surface area (Å²) in [7, 11) is 0. The minimum atomic E-state index is 0.155. The Bertz CT molecular complexity index is 317. The largest absolute Gasteiger partial charge is 0.382 e. The quantitative estimate of drug-likeness (QED) is 0.588. The zero-order valence-corrected chi connectivity index (χ0v) is 11.9. The molecule has 1 atom stereocenters. The number of nitrogens with zero attached hydrogens (tertiary/aromatic N) is 1. The van der Waals surface area contributed by atoms with Crippen molar-refractivity contribution in [2.45, 2.75) is 26.3 Å². The molecule has 2 N–H and O–H groups in total. The fraction of sp³-hybridized carbons (Fsp3) is 0.636. The molecule has 0 bridgehead atoms. The first kappa shape index (κ1) is 14.3. The molecule has 1 rings (SSSR count). The summed E-state index contributed by atoms with van der Waals surface area (Å²) >= 11 is 6.82. The molecule has 0 aliphatic heterocycles. The molecule has 0 spiro atoms. The van der Waals surface area contributed by atoms with Crippen LogP contribution in [0.2, 0.25) is 0 Å². The first-order valence-electron chi connectivity index (χ1n) is 5.75. The number of nitrogens with one attached hydrogen (secondary N) is 2. The van der Waals surface area contributed by atoms with E-state index < -0.39 is 0 Å². The second kappa shape index (κ2) is 8.38. The van der Waals surface area contributed by atoms with Crippen LogP contribution in [0, 0.1) is 0 Å². The summed E-state index contributed by atoms with van der Waals surface area (Å²) in [5, 5.41) is 10.0. The number of hydrogen-bond acceptors (Lipinski definition) is 4. The number of ether oxygens (including phenoxy) is 1. The Hall–Kier alpha value is -0.720. The number of rotatable bonds is 7. The third-order valence-electron chi connectivity index (χ3n) is 2.12. The Kier molecular flexibility index (Phi) is 7.07. The molecule has 96 valence electrons. The summed E-state index contributed by atoms with van der Waals surface area (Å²) in [4.78, 5) is 4.24. The topological polar surface area (TPSA) is 46.2 Å². The van der Waals surface area contributed by atoms with E-state index in [0.29, 0.717) is 5.11 Å². The molecular formula is C11H19N3OS2. The lowest BCUT2D eigenvalue weighted by molar-refractivity contribution is 0.145. The summed E-state index contributed by atoms with van der Waals surface area (Å²) in [5.41, 5.74) is 0. The molecule has 17 heavy (non-hydrogen) atoms. The second-order valence-electron chi connectivity index (χ2n) is 3.54. The van der Waals surface area contributed by atoms with Crippen LogP contribution in [0.1, 0.15) is 31.3 Å². The van der Waals surface area contributed by atoms with Crippen molar-refractivity contribution in [3.8, 4) is 0 Å². The van der Waals surface area contributed by atoms with Crippen LogP contribution >= 0.6 is 23.6 Å². The Balaban J connectivity index is 2.12. The van der Waals surface area contributed by atoms with Crippen molar-refractivity contribution in [1.82, 2.24) is 15.6 Å². The lowest BCUT2D eigenvalue weighted by atomic mass is 10.3. The summed E-state index contributed by atoms with van der Waals surface area (Å²) in [6.07, 6.45) is 2.76. The van der Waals surface area contributed by atoms with Gasteiger partial charge in [0.1, 0.15) is 5.01 Å². The van der Waals surface area contributed by atoms with E-state index in [1.165, 1.54) is 0 Å². The molecule has 0 radical (unpaired) electrons. The zero-order chi connectivity index (χ0) is 12.5. The van der Waals surface area contributed by atoms with Crippen LogP contribution in [0.25, 0.3) is 0 Å². The first-order chi connectivity index (χ1) is 8.24. The van der Waals surface area contributed by atoms with Crippen LogP contribution in [0.4, 0.5) is 0 Å². The molecule has 0 aliphatic rings. The maximum Gasteiger partial charge on any atom is 0.166 e. The monoisotopic (exact) mass is 273 g/mol. The van der Waals surface area contributed by atoms with Crippen molar-refractivity contribution in [3.05, 3.63) is 16.6 Å². The van der Waals surface area contributed by atoms with Crippen LogP contribution < -0.4 is 10.6 Å². The van der Waals surface area contributed by atoms with Crippen LogP contribution in [0.15, 0.2) is 11.6 Å². The van der Waals surface area contributed by atoms with Gasteiger partial charge in [-0.2, -0.15) is 0 Å². The van der Waals surface area contributed by atoms with Crippen LogP contribution in [-0.2, 0) is 4.74 Å². The molecule has 1 heterocycles. The van der Waals surface area contributed by atoms with E-state index in [-0.39, 0.29) is 6.04 Å². The lowest BCUT2D eigenvalue weighted by Crippen LogP contribution is -2.37. The van der Waals surface area contributed by atoms with Gasteiger partial charge in [-0.15, -0.1) is 11.3 Å². The predicted octanol–water partition coefficient (Wildman–Crippen LogP) is 2.09. The first-order valence-corrected chi connectivity index (χ1v) is 7.04. The third kappa shape index (κ3) is 5.95. The van der Waals surface area contributed by atoms with Crippen LogP contribution in [0.5, 0.6) is 0 Å². The van der Waals surface area contributed by atoms with Gasteiger partial charge in [-0.1, -0.05) is 0 Å². The highest BCUT2D eigenvalue weighted by Crippen LogP contribution is 2.14. The fourth-order valence-electron chi connectivity index (χ4n) is 1.28. The van der Waals surface area contributed by atoms with E-state index in [4.69, 9.17) is 17.0 Å². The van der Waals surface area contributed by atoms with Crippen LogP contribution in [0.3, 0.4) is 0 Å². The standard InChI is InChI=1S/C11H19N3OS2/c1-3-15-7-4-5-13-11(16)14-9(2)10-12-6-8-17-10/h6,8-9H,3-5,7H2,1-2H3,(H2,13,14,16). The molecule has 1 aromatic heterocycles. The molecule has 0 fully saturated rings. The van der Waals surface area contributed by atoms with Crippen molar-refractivity contribution in [2.75, 3.05) is 19.8 Å². The summed E-state index contributed by atoms with van der Waals surface area (Å²) in [5.74, 6) is 0. The SMILES string of the molecule is CCOCCCNC(=S)NC(C)c1nccs1. The van der Waals surface area contributed by atoms with E-state index >= 15 is 0 Å². The Morgan fingerprint density at radius 2 is 2.47 bits per heavy atom. The number of thiazole rings is 1. The van der Waals surface area contributed by atoms with E-state index in [1.807, 2.05) is 19.2 Å². The van der Waals surface area contributed by atoms with E-state index in [2.05, 4.69) is 15.6 Å². The Labute approximate surface area is 112 Å². The molecule has 6 heteroatoms. The van der Waals surface area contributed by atoms with Crippen molar-refractivity contribution in [2.24, 2.45) is 0 Å². The molecule has 0 aliphatic carbocycles. The van der Waals surface area contributed by atoms with Crippen LogP contribution in [-0.4, -0.2) is 29.9 Å².